The topological polar surface area (TPSA) is 71.5 Å². The number of likely N-dealkylation sites (tertiary alicyclic amines) is 1. The normalized spacial score (nSPS) is 17.4. The molecule has 1 N–H and O–H groups in total. The van der Waals surface area contributed by atoms with Gasteiger partial charge in [-0.3, -0.25) is 9.59 Å². The van der Waals surface area contributed by atoms with Crippen molar-refractivity contribution in [1.82, 2.24) is 9.88 Å². The van der Waals surface area contributed by atoms with Gasteiger partial charge in [0, 0.05) is 19.2 Å². The van der Waals surface area contributed by atoms with E-state index in [1.165, 1.54) is 11.3 Å². The summed E-state index contributed by atoms with van der Waals surface area (Å²) in [6.45, 7) is 1.15. The van der Waals surface area contributed by atoms with E-state index in [0.29, 0.717) is 24.7 Å². The number of amides is 2. The smallest absolute Gasteiger partial charge is 0.263 e. The van der Waals surface area contributed by atoms with Crippen molar-refractivity contribution in [2.45, 2.75) is 12.8 Å². The minimum atomic E-state index is -0.204. The van der Waals surface area contributed by atoms with Crippen molar-refractivity contribution in [2.75, 3.05) is 25.5 Å². The number of ether oxygens (including phenoxy) is 1. The van der Waals surface area contributed by atoms with E-state index in [0.717, 1.165) is 17.7 Å². The number of carbonyl (C=O) groups is 2. The van der Waals surface area contributed by atoms with E-state index in [9.17, 15) is 9.59 Å². The van der Waals surface area contributed by atoms with E-state index < -0.39 is 0 Å². The molecule has 1 fully saturated rings. The van der Waals surface area contributed by atoms with Gasteiger partial charge in [-0.1, -0.05) is 6.07 Å². The Hall–Kier alpha value is -2.41. The SMILES string of the molecule is COc1ccc(NC(=O)C2CCCN(C(=O)c3cccs3)C2)cn1. The number of rotatable bonds is 4. The molecule has 24 heavy (non-hydrogen) atoms. The lowest BCUT2D eigenvalue weighted by molar-refractivity contribution is -0.121. The molecule has 6 nitrogen and oxygen atoms in total. The van der Waals surface area contributed by atoms with Crippen molar-refractivity contribution in [3.05, 3.63) is 40.7 Å². The maximum absolute atomic E-state index is 12.5. The molecule has 2 aromatic rings. The van der Waals surface area contributed by atoms with Crippen LogP contribution in [0.2, 0.25) is 0 Å². The fourth-order valence-corrected chi connectivity index (χ4v) is 3.44. The van der Waals surface area contributed by atoms with Crippen LogP contribution in [0.1, 0.15) is 22.5 Å². The maximum atomic E-state index is 12.5. The molecule has 2 amide bonds. The molecule has 3 rings (SSSR count). The second-order valence-electron chi connectivity index (χ2n) is 5.65. The van der Waals surface area contributed by atoms with Crippen LogP contribution in [0.3, 0.4) is 0 Å². The van der Waals surface area contributed by atoms with Gasteiger partial charge in [-0.2, -0.15) is 0 Å². The van der Waals surface area contributed by atoms with Gasteiger partial charge in [0.05, 0.1) is 29.8 Å². The monoisotopic (exact) mass is 345 g/mol. The molecule has 1 aliphatic rings. The highest BCUT2D eigenvalue weighted by atomic mass is 32.1. The van der Waals surface area contributed by atoms with E-state index in [2.05, 4.69) is 10.3 Å². The lowest BCUT2D eigenvalue weighted by Gasteiger charge is -2.31. The van der Waals surface area contributed by atoms with Crippen LogP contribution in [-0.2, 0) is 4.79 Å². The minimum Gasteiger partial charge on any atom is -0.481 e. The highest BCUT2D eigenvalue weighted by Gasteiger charge is 2.29. The first-order valence-electron chi connectivity index (χ1n) is 7.81. The molecular weight excluding hydrogens is 326 g/mol. The molecule has 0 saturated carbocycles. The van der Waals surface area contributed by atoms with Crippen LogP contribution in [0.25, 0.3) is 0 Å². The zero-order chi connectivity index (χ0) is 16.9. The van der Waals surface area contributed by atoms with Crippen LogP contribution >= 0.6 is 11.3 Å². The van der Waals surface area contributed by atoms with Crippen molar-refractivity contribution in [1.29, 1.82) is 0 Å². The van der Waals surface area contributed by atoms with E-state index in [1.54, 1.807) is 30.3 Å². The highest BCUT2D eigenvalue weighted by Crippen LogP contribution is 2.22. The molecule has 1 atom stereocenters. The third-order valence-corrected chi connectivity index (χ3v) is 4.88. The molecule has 0 radical (unpaired) electrons. The minimum absolute atomic E-state index is 0.00798. The average molecular weight is 345 g/mol. The highest BCUT2D eigenvalue weighted by molar-refractivity contribution is 7.12. The summed E-state index contributed by atoms with van der Waals surface area (Å²) in [4.78, 5) is 31.5. The summed E-state index contributed by atoms with van der Waals surface area (Å²) in [5.41, 5.74) is 0.627. The number of pyridine rings is 1. The molecule has 2 aromatic heterocycles. The number of anilines is 1. The first-order valence-corrected chi connectivity index (χ1v) is 8.69. The molecule has 0 aromatic carbocycles. The van der Waals surface area contributed by atoms with Crippen LogP contribution in [0.4, 0.5) is 5.69 Å². The molecular formula is C17H19N3O3S. The Balaban J connectivity index is 1.61. The molecule has 126 valence electrons. The summed E-state index contributed by atoms with van der Waals surface area (Å²) < 4.78 is 5.00. The third kappa shape index (κ3) is 3.73. The van der Waals surface area contributed by atoms with Gasteiger partial charge in [0.15, 0.2) is 0 Å². The lowest BCUT2D eigenvalue weighted by atomic mass is 9.97. The van der Waals surface area contributed by atoms with Crippen LogP contribution < -0.4 is 10.1 Å². The maximum Gasteiger partial charge on any atom is 0.263 e. The Labute approximate surface area is 144 Å². The average Bonchev–Trinajstić information content (AvgIpc) is 3.16. The van der Waals surface area contributed by atoms with Gasteiger partial charge in [0.25, 0.3) is 5.91 Å². The second kappa shape index (κ2) is 7.44. The predicted octanol–water partition coefficient (Wildman–Crippen LogP) is 2.64. The van der Waals surface area contributed by atoms with Gasteiger partial charge < -0.3 is 15.0 Å². The number of aromatic nitrogens is 1. The van der Waals surface area contributed by atoms with E-state index >= 15 is 0 Å². The number of piperidine rings is 1. The largest absolute Gasteiger partial charge is 0.481 e. The van der Waals surface area contributed by atoms with Gasteiger partial charge in [-0.15, -0.1) is 11.3 Å². The van der Waals surface area contributed by atoms with Gasteiger partial charge in [0.2, 0.25) is 11.8 Å². The number of methoxy groups -OCH3 is 1. The first-order chi connectivity index (χ1) is 11.7. The lowest BCUT2D eigenvalue weighted by Crippen LogP contribution is -2.43. The van der Waals surface area contributed by atoms with E-state index in [1.807, 2.05) is 17.5 Å². The Bertz CT molecular complexity index is 700. The number of nitrogens with one attached hydrogen (secondary N) is 1. The number of hydrogen-bond donors (Lipinski definition) is 1. The molecule has 1 unspecified atom stereocenters. The van der Waals surface area contributed by atoms with Gasteiger partial charge in [-0.25, -0.2) is 4.98 Å². The van der Waals surface area contributed by atoms with Crippen molar-refractivity contribution < 1.29 is 14.3 Å². The van der Waals surface area contributed by atoms with Gasteiger partial charge >= 0.3 is 0 Å². The summed E-state index contributed by atoms with van der Waals surface area (Å²) in [6, 6.07) is 7.13. The van der Waals surface area contributed by atoms with Crippen molar-refractivity contribution in [3.8, 4) is 5.88 Å². The summed E-state index contributed by atoms with van der Waals surface area (Å²) in [5, 5.41) is 4.75. The number of hydrogen-bond acceptors (Lipinski definition) is 5. The summed E-state index contributed by atoms with van der Waals surface area (Å²) in [5.74, 6) is 0.224. The quantitative estimate of drug-likeness (QED) is 0.925. The van der Waals surface area contributed by atoms with E-state index in [4.69, 9.17) is 4.74 Å². The van der Waals surface area contributed by atoms with Crippen LogP contribution in [0.5, 0.6) is 5.88 Å². The van der Waals surface area contributed by atoms with Crippen LogP contribution in [0.15, 0.2) is 35.8 Å². The molecule has 0 bridgehead atoms. The zero-order valence-corrected chi connectivity index (χ0v) is 14.2. The van der Waals surface area contributed by atoms with Crippen molar-refractivity contribution in [3.63, 3.8) is 0 Å². The molecule has 7 heteroatoms. The molecule has 1 aliphatic heterocycles. The fourth-order valence-electron chi connectivity index (χ4n) is 2.75. The molecule has 1 saturated heterocycles. The van der Waals surface area contributed by atoms with Gasteiger partial charge in [-0.05, 0) is 30.4 Å². The van der Waals surface area contributed by atoms with Crippen LogP contribution in [0, 0.1) is 5.92 Å². The summed E-state index contributed by atoms with van der Waals surface area (Å²) in [7, 11) is 1.54. The van der Waals surface area contributed by atoms with Crippen molar-refractivity contribution >= 4 is 28.8 Å². The summed E-state index contributed by atoms with van der Waals surface area (Å²) >= 11 is 1.43. The molecule has 0 aliphatic carbocycles. The predicted molar refractivity (Wildman–Crippen MR) is 92.4 cm³/mol. The number of thiophene rings is 1. The number of carbonyl (C=O) groups excluding carboxylic acids is 2. The standard InChI is InChI=1S/C17H19N3O3S/c1-23-15-7-6-13(10-18-15)19-16(21)12-4-2-8-20(11-12)17(22)14-5-3-9-24-14/h3,5-7,9-10,12H,2,4,8,11H2,1H3,(H,19,21). The Morgan fingerprint density at radius 2 is 2.25 bits per heavy atom. The molecule has 3 heterocycles. The Morgan fingerprint density at radius 3 is 2.92 bits per heavy atom. The third-order valence-electron chi connectivity index (χ3n) is 4.02. The zero-order valence-electron chi connectivity index (χ0n) is 13.4. The number of nitrogens with zero attached hydrogens (tertiary/aromatic N) is 2. The van der Waals surface area contributed by atoms with Crippen LogP contribution in [-0.4, -0.2) is 41.9 Å². The second-order valence-corrected chi connectivity index (χ2v) is 6.59. The Morgan fingerprint density at radius 1 is 1.38 bits per heavy atom. The summed E-state index contributed by atoms with van der Waals surface area (Å²) in [6.07, 6.45) is 3.17. The fraction of sp³-hybridized carbons (Fsp3) is 0.353. The first kappa shape index (κ1) is 16.4. The Kier molecular flexibility index (Phi) is 5.10. The molecule has 0 spiro atoms. The van der Waals surface area contributed by atoms with E-state index in [-0.39, 0.29) is 17.7 Å². The van der Waals surface area contributed by atoms with Gasteiger partial charge in [0.1, 0.15) is 0 Å². The van der Waals surface area contributed by atoms with Crippen molar-refractivity contribution in [2.24, 2.45) is 5.92 Å².